The van der Waals surface area contributed by atoms with E-state index in [4.69, 9.17) is 0 Å². The second-order valence-electron chi connectivity index (χ2n) is 7.92. The molecule has 31 heavy (non-hydrogen) atoms. The van der Waals surface area contributed by atoms with Crippen LogP contribution < -0.4 is 10.6 Å². The van der Waals surface area contributed by atoms with Gasteiger partial charge in [0.25, 0.3) is 0 Å². The van der Waals surface area contributed by atoms with E-state index in [-0.39, 0.29) is 35.9 Å². The molecular weight excluding hydrogens is 499 g/mol. The second kappa shape index (κ2) is 12.7. The fourth-order valence-electron chi connectivity index (χ4n) is 3.96. The van der Waals surface area contributed by atoms with Crippen molar-refractivity contribution in [3.8, 4) is 0 Å². The van der Waals surface area contributed by atoms with Crippen molar-refractivity contribution in [2.24, 2.45) is 4.99 Å². The molecule has 0 spiro atoms. The van der Waals surface area contributed by atoms with Gasteiger partial charge in [0.15, 0.2) is 5.96 Å². The molecule has 1 aliphatic heterocycles. The third-order valence-electron chi connectivity index (χ3n) is 5.65. The highest BCUT2D eigenvalue weighted by Gasteiger charge is 2.19. The van der Waals surface area contributed by atoms with Gasteiger partial charge < -0.3 is 15.5 Å². The molecule has 0 saturated carbocycles. The number of amides is 1. The number of guanidine groups is 1. The van der Waals surface area contributed by atoms with Crippen LogP contribution >= 0.6 is 24.0 Å². The Bertz CT molecular complexity index is 883. The minimum atomic E-state index is 0. The van der Waals surface area contributed by atoms with Crippen molar-refractivity contribution >= 4 is 35.8 Å². The summed E-state index contributed by atoms with van der Waals surface area (Å²) >= 11 is 0. The average Bonchev–Trinajstić information content (AvgIpc) is 2.76. The maximum atomic E-state index is 12.6. The molecule has 1 unspecified atom stereocenters. The van der Waals surface area contributed by atoms with Crippen molar-refractivity contribution in [2.45, 2.75) is 52.6 Å². The van der Waals surface area contributed by atoms with Gasteiger partial charge in [-0.3, -0.25) is 9.79 Å². The number of nitrogens with zero attached hydrogens (tertiary/aromatic N) is 2. The van der Waals surface area contributed by atoms with Crippen molar-refractivity contribution < 1.29 is 4.79 Å². The Morgan fingerprint density at radius 2 is 1.84 bits per heavy atom. The third-order valence-corrected chi connectivity index (χ3v) is 5.65. The number of benzene rings is 2. The Morgan fingerprint density at radius 3 is 2.58 bits per heavy atom. The topological polar surface area (TPSA) is 56.7 Å². The molecule has 1 heterocycles. The number of aryl methyl sites for hydroxylation is 1. The zero-order valence-electron chi connectivity index (χ0n) is 18.9. The quantitative estimate of drug-likeness (QED) is 0.237. The van der Waals surface area contributed by atoms with Crippen LogP contribution in [0.3, 0.4) is 0 Å². The van der Waals surface area contributed by atoms with Crippen LogP contribution in [0.15, 0.2) is 53.5 Å². The van der Waals surface area contributed by atoms with Gasteiger partial charge in [-0.2, -0.15) is 0 Å². The standard InChI is InChI=1S/C25H34N4O.HI/c1-4-26-25(28-20(3)23-13-8-5-10-19(23)2)27-16-9-14-24(30)29-17-15-21-11-6-7-12-22(21)18-29;/h5-8,10-13,20H,4,9,14-18H2,1-3H3,(H2,26,27,28);1H. The molecule has 0 aromatic heterocycles. The molecule has 6 heteroatoms. The summed E-state index contributed by atoms with van der Waals surface area (Å²) in [5.41, 5.74) is 5.18. The molecule has 2 aromatic carbocycles. The number of hydrogen-bond acceptors (Lipinski definition) is 2. The lowest BCUT2D eigenvalue weighted by atomic mass is 9.99. The highest BCUT2D eigenvalue weighted by molar-refractivity contribution is 14.0. The van der Waals surface area contributed by atoms with E-state index in [0.29, 0.717) is 13.0 Å². The summed E-state index contributed by atoms with van der Waals surface area (Å²) in [5.74, 6) is 1.03. The molecule has 0 aliphatic carbocycles. The normalized spacial score (nSPS) is 14.3. The monoisotopic (exact) mass is 534 g/mol. The van der Waals surface area contributed by atoms with Crippen molar-refractivity contribution in [3.05, 3.63) is 70.8 Å². The van der Waals surface area contributed by atoms with Crippen LogP contribution in [0.4, 0.5) is 0 Å². The molecule has 168 valence electrons. The predicted molar refractivity (Wildman–Crippen MR) is 139 cm³/mol. The first-order chi connectivity index (χ1) is 14.6. The molecule has 1 atom stereocenters. The SMILES string of the molecule is CCNC(=NCCCC(=O)N1CCc2ccccc2C1)NC(C)c1ccccc1C.I. The largest absolute Gasteiger partial charge is 0.357 e. The zero-order valence-corrected chi connectivity index (χ0v) is 21.2. The fourth-order valence-corrected chi connectivity index (χ4v) is 3.96. The average molecular weight is 534 g/mol. The molecule has 2 N–H and O–H groups in total. The number of nitrogens with one attached hydrogen (secondary N) is 2. The van der Waals surface area contributed by atoms with Crippen molar-refractivity contribution in [1.82, 2.24) is 15.5 Å². The minimum absolute atomic E-state index is 0. The van der Waals surface area contributed by atoms with Gasteiger partial charge in [0.05, 0.1) is 6.04 Å². The molecule has 5 nitrogen and oxygen atoms in total. The van der Waals surface area contributed by atoms with E-state index < -0.39 is 0 Å². The van der Waals surface area contributed by atoms with Crippen molar-refractivity contribution in [2.75, 3.05) is 19.6 Å². The first-order valence-electron chi connectivity index (χ1n) is 11.0. The molecule has 0 bridgehead atoms. The second-order valence-corrected chi connectivity index (χ2v) is 7.92. The number of fused-ring (bicyclic) bond motifs is 1. The number of halogens is 1. The molecular formula is C25H35IN4O. The van der Waals surface area contributed by atoms with Crippen LogP contribution in [0.25, 0.3) is 0 Å². The lowest BCUT2D eigenvalue weighted by molar-refractivity contribution is -0.132. The van der Waals surface area contributed by atoms with Gasteiger partial charge in [0.2, 0.25) is 5.91 Å². The van der Waals surface area contributed by atoms with Crippen molar-refractivity contribution in [3.63, 3.8) is 0 Å². The zero-order chi connectivity index (χ0) is 21.3. The highest BCUT2D eigenvalue weighted by atomic mass is 127. The predicted octanol–water partition coefficient (Wildman–Crippen LogP) is 4.59. The number of hydrogen-bond donors (Lipinski definition) is 2. The number of carbonyl (C=O) groups is 1. The Balaban J connectivity index is 0.00000341. The molecule has 3 rings (SSSR count). The van der Waals surface area contributed by atoms with E-state index >= 15 is 0 Å². The first-order valence-corrected chi connectivity index (χ1v) is 11.0. The minimum Gasteiger partial charge on any atom is -0.357 e. The summed E-state index contributed by atoms with van der Waals surface area (Å²) in [6.07, 6.45) is 2.25. The summed E-state index contributed by atoms with van der Waals surface area (Å²) in [4.78, 5) is 19.3. The fraction of sp³-hybridized carbons (Fsp3) is 0.440. The highest BCUT2D eigenvalue weighted by Crippen LogP contribution is 2.19. The Labute approximate surface area is 203 Å². The molecule has 0 radical (unpaired) electrons. The lowest BCUT2D eigenvalue weighted by Gasteiger charge is -2.29. The summed E-state index contributed by atoms with van der Waals surface area (Å²) < 4.78 is 0. The van der Waals surface area contributed by atoms with E-state index in [9.17, 15) is 4.79 Å². The van der Waals surface area contributed by atoms with Gasteiger partial charge in [-0.15, -0.1) is 24.0 Å². The van der Waals surface area contributed by atoms with E-state index in [2.05, 4.69) is 84.9 Å². The van der Waals surface area contributed by atoms with Gasteiger partial charge in [-0.05, 0) is 55.9 Å². The molecule has 1 amide bonds. The third kappa shape index (κ3) is 7.23. The van der Waals surface area contributed by atoms with Crippen molar-refractivity contribution in [1.29, 1.82) is 0 Å². The Kier molecular flexibility index (Phi) is 10.3. The van der Waals surface area contributed by atoms with E-state index in [1.807, 2.05) is 4.90 Å². The van der Waals surface area contributed by atoms with Crippen LogP contribution in [0.2, 0.25) is 0 Å². The van der Waals surface area contributed by atoms with Crippen LogP contribution in [0.5, 0.6) is 0 Å². The summed E-state index contributed by atoms with van der Waals surface area (Å²) in [6, 6.07) is 17.0. The van der Waals surface area contributed by atoms with Gasteiger partial charge >= 0.3 is 0 Å². The van der Waals surface area contributed by atoms with E-state index in [0.717, 1.165) is 38.4 Å². The van der Waals surface area contributed by atoms with Gasteiger partial charge in [-0.25, -0.2) is 0 Å². The number of rotatable bonds is 7. The van der Waals surface area contributed by atoms with Gasteiger partial charge in [0, 0.05) is 32.6 Å². The lowest BCUT2D eigenvalue weighted by Crippen LogP contribution is -2.39. The van der Waals surface area contributed by atoms with Gasteiger partial charge in [0.1, 0.15) is 0 Å². The number of aliphatic imine (C=N–C) groups is 1. The first kappa shape index (κ1) is 25.2. The summed E-state index contributed by atoms with van der Waals surface area (Å²) in [6.45, 7) is 9.32. The van der Waals surface area contributed by atoms with Crippen LogP contribution in [0.1, 0.15) is 55.0 Å². The molecule has 0 fully saturated rings. The van der Waals surface area contributed by atoms with Crippen LogP contribution in [0, 0.1) is 6.92 Å². The van der Waals surface area contributed by atoms with E-state index in [1.54, 1.807) is 0 Å². The summed E-state index contributed by atoms with van der Waals surface area (Å²) in [5, 5.41) is 6.79. The molecule has 1 aliphatic rings. The Morgan fingerprint density at radius 1 is 1.13 bits per heavy atom. The number of carbonyl (C=O) groups excluding carboxylic acids is 1. The summed E-state index contributed by atoms with van der Waals surface area (Å²) in [7, 11) is 0. The maximum Gasteiger partial charge on any atom is 0.222 e. The smallest absolute Gasteiger partial charge is 0.222 e. The molecule has 2 aromatic rings. The molecule has 0 saturated heterocycles. The van der Waals surface area contributed by atoms with Gasteiger partial charge in [-0.1, -0.05) is 48.5 Å². The maximum absolute atomic E-state index is 12.6. The van der Waals surface area contributed by atoms with Crippen LogP contribution in [-0.4, -0.2) is 36.4 Å². The van der Waals surface area contributed by atoms with Crippen LogP contribution in [-0.2, 0) is 17.8 Å². The van der Waals surface area contributed by atoms with E-state index in [1.165, 1.54) is 22.3 Å². The Hall–Kier alpha value is -2.09.